The lowest BCUT2D eigenvalue weighted by Gasteiger charge is -2.35. The summed E-state index contributed by atoms with van der Waals surface area (Å²) in [6.07, 6.45) is -0.308. The highest BCUT2D eigenvalue weighted by Gasteiger charge is 2.30. The zero-order chi connectivity index (χ0) is 23.3. The van der Waals surface area contributed by atoms with E-state index in [1.54, 1.807) is 9.80 Å². The van der Waals surface area contributed by atoms with Gasteiger partial charge in [-0.05, 0) is 32.4 Å². The molecule has 3 heterocycles. The van der Waals surface area contributed by atoms with Gasteiger partial charge in [-0.1, -0.05) is 0 Å². The molecule has 0 unspecified atom stereocenters. The van der Waals surface area contributed by atoms with Crippen LogP contribution >= 0.6 is 11.6 Å². The van der Waals surface area contributed by atoms with E-state index < -0.39 is 10.5 Å². The van der Waals surface area contributed by atoms with Crippen LogP contribution in [0, 0.1) is 10.1 Å². The molecule has 0 aromatic carbocycles. The van der Waals surface area contributed by atoms with Crippen LogP contribution in [0.1, 0.15) is 20.8 Å². The third kappa shape index (κ3) is 6.53. The quantitative estimate of drug-likeness (QED) is 0.373. The first-order valence-electron chi connectivity index (χ1n) is 10.6. The molecule has 0 spiro atoms. The number of piperazine rings is 1. The van der Waals surface area contributed by atoms with Crippen molar-refractivity contribution in [2.45, 2.75) is 26.4 Å². The highest BCUT2D eigenvalue weighted by atomic mass is 35.5. The third-order valence-electron chi connectivity index (χ3n) is 5.08. The summed E-state index contributed by atoms with van der Waals surface area (Å²) in [5.74, 6) is 0.302. The van der Waals surface area contributed by atoms with Crippen LogP contribution in [0.4, 0.5) is 22.1 Å². The number of halogens is 1. The molecule has 2 aliphatic rings. The van der Waals surface area contributed by atoms with E-state index in [9.17, 15) is 14.9 Å². The molecule has 0 radical (unpaired) electrons. The Labute approximate surface area is 192 Å². The molecule has 32 heavy (non-hydrogen) atoms. The maximum atomic E-state index is 12.2. The standard InChI is InChI=1S/C19H30ClN7O5/c1-19(2,3)32-18(28)26-8-6-24(7-9-26)5-4-21-15-14(27(29)30)16(23-17(20)22-15)25-10-12-31-13-11-25/h4-13H2,1-3H3,(H,21,22,23). The predicted molar refractivity (Wildman–Crippen MR) is 119 cm³/mol. The van der Waals surface area contributed by atoms with Crippen molar-refractivity contribution in [3.63, 3.8) is 0 Å². The monoisotopic (exact) mass is 471 g/mol. The first-order valence-corrected chi connectivity index (χ1v) is 11.0. The van der Waals surface area contributed by atoms with E-state index in [-0.39, 0.29) is 28.7 Å². The maximum absolute atomic E-state index is 12.2. The Balaban J connectivity index is 1.56. The van der Waals surface area contributed by atoms with Crippen molar-refractivity contribution >= 4 is 35.0 Å². The number of hydrogen-bond acceptors (Lipinski definition) is 10. The SMILES string of the molecule is CC(C)(C)OC(=O)N1CCN(CCNc2nc(Cl)nc(N3CCOCC3)c2[N+](=O)[O-])CC1. The van der Waals surface area contributed by atoms with Crippen molar-refractivity contribution < 1.29 is 19.2 Å². The highest BCUT2D eigenvalue weighted by molar-refractivity contribution is 6.28. The van der Waals surface area contributed by atoms with Crippen LogP contribution in [-0.4, -0.2) is 102 Å². The Hall–Kier alpha value is -2.44. The van der Waals surface area contributed by atoms with Gasteiger partial charge in [0.1, 0.15) is 5.60 Å². The van der Waals surface area contributed by atoms with Gasteiger partial charge in [-0.25, -0.2) is 4.79 Å². The summed E-state index contributed by atoms with van der Waals surface area (Å²) >= 11 is 6.06. The number of carbonyl (C=O) groups excluding carboxylic acids is 1. The Bertz CT molecular complexity index is 821. The van der Waals surface area contributed by atoms with Gasteiger partial charge in [0.2, 0.25) is 16.9 Å². The van der Waals surface area contributed by atoms with Crippen LogP contribution in [0.15, 0.2) is 0 Å². The Morgan fingerprint density at radius 2 is 1.84 bits per heavy atom. The maximum Gasteiger partial charge on any atom is 0.410 e. The zero-order valence-electron chi connectivity index (χ0n) is 18.7. The first kappa shape index (κ1) is 24.2. The summed E-state index contributed by atoms with van der Waals surface area (Å²) in [7, 11) is 0. The molecule has 12 nitrogen and oxygen atoms in total. The number of ether oxygens (including phenoxy) is 2. The van der Waals surface area contributed by atoms with E-state index >= 15 is 0 Å². The van der Waals surface area contributed by atoms with Gasteiger partial charge in [0, 0.05) is 52.4 Å². The second-order valence-corrected chi connectivity index (χ2v) is 8.94. The van der Waals surface area contributed by atoms with Gasteiger partial charge in [0.25, 0.3) is 0 Å². The van der Waals surface area contributed by atoms with Gasteiger partial charge < -0.3 is 24.6 Å². The molecule has 1 N–H and O–H groups in total. The number of morpholine rings is 1. The molecule has 1 amide bonds. The smallest absolute Gasteiger partial charge is 0.410 e. The average molecular weight is 472 g/mol. The molecule has 13 heteroatoms. The number of nitrogens with one attached hydrogen (secondary N) is 1. The third-order valence-corrected chi connectivity index (χ3v) is 5.25. The lowest BCUT2D eigenvalue weighted by molar-refractivity contribution is -0.383. The number of rotatable bonds is 6. The molecule has 1 aromatic rings. The van der Waals surface area contributed by atoms with Crippen LogP contribution < -0.4 is 10.2 Å². The average Bonchev–Trinajstić information content (AvgIpc) is 2.73. The van der Waals surface area contributed by atoms with Crippen molar-refractivity contribution in [1.29, 1.82) is 0 Å². The Morgan fingerprint density at radius 1 is 1.19 bits per heavy atom. The van der Waals surface area contributed by atoms with Gasteiger partial charge in [0.15, 0.2) is 0 Å². The summed E-state index contributed by atoms with van der Waals surface area (Å²) in [6.45, 7) is 11.0. The summed E-state index contributed by atoms with van der Waals surface area (Å²) in [5, 5.41) is 14.8. The minimum absolute atomic E-state index is 0.0504. The van der Waals surface area contributed by atoms with E-state index in [4.69, 9.17) is 21.1 Å². The normalized spacial score (nSPS) is 17.9. The number of aromatic nitrogens is 2. The molecule has 0 atom stereocenters. The fourth-order valence-electron chi connectivity index (χ4n) is 3.52. The molecule has 178 valence electrons. The molecular weight excluding hydrogens is 442 g/mol. The van der Waals surface area contributed by atoms with Gasteiger partial charge in [-0.2, -0.15) is 9.97 Å². The summed E-state index contributed by atoms with van der Waals surface area (Å²) < 4.78 is 10.7. The van der Waals surface area contributed by atoms with Crippen LogP contribution in [0.5, 0.6) is 0 Å². The highest BCUT2D eigenvalue weighted by Crippen LogP contribution is 2.34. The number of nitrogens with zero attached hydrogens (tertiary/aromatic N) is 6. The minimum Gasteiger partial charge on any atom is -0.444 e. The molecule has 2 fully saturated rings. The van der Waals surface area contributed by atoms with E-state index in [0.29, 0.717) is 65.6 Å². The molecule has 2 aliphatic heterocycles. The molecule has 0 bridgehead atoms. The molecule has 1 aromatic heterocycles. The molecule has 3 rings (SSSR count). The zero-order valence-corrected chi connectivity index (χ0v) is 19.4. The van der Waals surface area contributed by atoms with Crippen molar-refractivity contribution in [1.82, 2.24) is 19.8 Å². The van der Waals surface area contributed by atoms with Crippen molar-refractivity contribution in [3.05, 3.63) is 15.4 Å². The van der Waals surface area contributed by atoms with Crippen molar-refractivity contribution in [2.75, 3.05) is 75.8 Å². The Kier molecular flexibility index (Phi) is 7.91. The molecular formula is C19H30ClN7O5. The van der Waals surface area contributed by atoms with E-state index in [2.05, 4.69) is 20.2 Å². The molecule has 0 saturated carbocycles. The number of anilines is 2. The number of nitro groups is 1. The van der Waals surface area contributed by atoms with Crippen LogP contribution in [-0.2, 0) is 9.47 Å². The fourth-order valence-corrected chi connectivity index (χ4v) is 3.68. The van der Waals surface area contributed by atoms with Crippen LogP contribution in [0.2, 0.25) is 5.28 Å². The second-order valence-electron chi connectivity index (χ2n) is 8.61. The van der Waals surface area contributed by atoms with E-state index in [1.807, 2.05) is 20.8 Å². The lowest BCUT2D eigenvalue weighted by Crippen LogP contribution is -2.50. The van der Waals surface area contributed by atoms with Crippen molar-refractivity contribution in [3.8, 4) is 0 Å². The topological polar surface area (TPSA) is 126 Å². The van der Waals surface area contributed by atoms with Crippen LogP contribution in [0.3, 0.4) is 0 Å². The molecule has 0 aliphatic carbocycles. The second kappa shape index (κ2) is 10.5. The Morgan fingerprint density at radius 3 is 2.44 bits per heavy atom. The summed E-state index contributed by atoms with van der Waals surface area (Å²) in [5.41, 5.74) is -0.711. The molecule has 2 saturated heterocycles. The van der Waals surface area contributed by atoms with Crippen LogP contribution in [0.25, 0.3) is 0 Å². The number of hydrogen-bond donors (Lipinski definition) is 1. The van der Waals surface area contributed by atoms with Gasteiger partial charge >= 0.3 is 11.8 Å². The summed E-state index contributed by atoms with van der Waals surface area (Å²) in [4.78, 5) is 37.3. The number of carbonyl (C=O) groups is 1. The van der Waals surface area contributed by atoms with Gasteiger partial charge in [-0.3, -0.25) is 15.0 Å². The predicted octanol–water partition coefficient (Wildman–Crippen LogP) is 1.84. The lowest BCUT2D eigenvalue weighted by atomic mass is 10.2. The van der Waals surface area contributed by atoms with E-state index in [0.717, 1.165) is 0 Å². The van der Waals surface area contributed by atoms with Gasteiger partial charge in [0.05, 0.1) is 18.1 Å². The minimum atomic E-state index is -0.522. The van der Waals surface area contributed by atoms with Crippen molar-refractivity contribution in [2.24, 2.45) is 0 Å². The van der Waals surface area contributed by atoms with E-state index in [1.165, 1.54) is 0 Å². The summed E-state index contributed by atoms with van der Waals surface area (Å²) in [6, 6.07) is 0. The first-order chi connectivity index (χ1) is 15.1. The number of amides is 1. The fraction of sp³-hybridized carbons (Fsp3) is 0.737. The van der Waals surface area contributed by atoms with Gasteiger partial charge in [-0.15, -0.1) is 0 Å². The largest absolute Gasteiger partial charge is 0.444 e.